The van der Waals surface area contributed by atoms with Crippen LogP contribution in [0.2, 0.25) is 0 Å². The summed E-state index contributed by atoms with van der Waals surface area (Å²) in [5.74, 6) is -2.69. The fraction of sp³-hybridized carbons (Fsp3) is 0.846. The fourth-order valence-electron chi connectivity index (χ4n) is 2.54. The highest BCUT2D eigenvalue weighted by molar-refractivity contribution is 7.89. The van der Waals surface area contributed by atoms with E-state index in [0.29, 0.717) is 12.8 Å². The molecule has 1 rings (SSSR count). The van der Waals surface area contributed by atoms with Gasteiger partial charge in [0.05, 0.1) is 24.2 Å². The van der Waals surface area contributed by atoms with Gasteiger partial charge in [0.15, 0.2) is 0 Å². The Hall–Kier alpha value is -1.15. The average Bonchev–Trinajstić information content (AvgIpc) is 2.36. The molecule has 7 nitrogen and oxygen atoms in total. The van der Waals surface area contributed by atoms with Gasteiger partial charge in [-0.3, -0.25) is 9.59 Å². The highest BCUT2D eigenvalue weighted by Crippen LogP contribution is 2.28. The average molecular weight is 321 g/mol. The maximum atomic E-state index is 12.5. The third kappa shape index (κ3) is 4.16. The van der Waals surface area contributed by atoms with E-state index < -0.39 is 39.0 Å². The first kappa shape index (κ1) is 17.9. The second kappa shape index (κ2) is 6.31. The molecule has 1 saturated heterocycles. The summed E-state index contributed by atoms with van der Waals surface area (Å²) < 4.78 is 30.9. The van der Waals surface area contributed by atoms with E-state index in [4.69, 9.17) is 5.11 Å². The maximum absolute atomic E-state index is 12.5. The molecule has 0 spiro atoms. The first-order chi connectivity index (χ1) is 9.51. The van der Waals surface area contributed by atoms with Gasteiger partial charge in [-0.25, -0.2) is 8.42 Å². The Bertz CT molecular complexity index is 513. The highest BCUT2D eigenvalue weighted by Gasteiger charge is 2.41. The molecule has 1 heterocycles. The van der Waals surface area contributed by atoms with Crippen LogP contribution in [0.25, 0.3) is 0 Å². The van der Waals surface area contributed by atoms with Crippen molar-refractivity contribution in [1.29, 1.82) is 0 Å². The maximum Gasteiger partial charge on any atom is 0.312 e. The van der Waals surface area contributed by atoms with E-state index in [1.54, 1.807) is 6.92 Å². The molecule has 0 aliphatic carbocycles. The van der Waals surface area contributed by atoms with Crippen molar-refractivity contribution in [1.82, 2.24) is 4.31 Å². The summed E-state index contributed by atoms with van der Waals surface area (Å²) in [6, 6.07) is -0.265. The number of hydrogen-bond acceptors (Lipinski definition) is 5. The van der Waals surface area contributed by atoms with Crippen LogP contribution >= 0.6 is 0 Å². The molecule has 1 aliphatic heterocycles. The van der Waals surface area contributed by atoms with Crippen LogP contribution in [0.4, 0.5) is 0 Å². The fourth-order valence-corrected chi connectivity index (χ4v) is 4.79. The van der Waals surface area contributed by atoms with Gasteiger partial charge in [-0.1, -0.05) is 0 Å². The first-order valence-corrected chi connectivity index (χ1v) is 8.43. The summed E-state index contributed by atoms with van der Waals surface area (Å²) in [7, 11) is -2.53. The topological polar surface area (TPSA) is 101 Å². The summed E-state index contributed by atoms with van der Waals surface area (Å²) in [4.78, 5) is 22.7. The lowest BCUT2D eigenvalue weighted by Gasteiger charge is -2.37. The van der Waals surface area contributed by atoms with Crippen LogP contribution in [0.3, 0.4) is 0 Å². The molecule has 8 heteroatoms. The minimum atomic E-state index is -3.74. The predicted octanol–water partition coefficient (Wildman–Crippen LogP) is 0.700. The van der Waals surface area contributed by atoms with E-state index in [2.05, 4.69) is 4.74 Å². The molecule has 122 valence electrons. The smallest absolute Gasteiger partial charge is 0.312 e. The number of esters is 1. The van der Waals surface area contributed by atoms with Gasteiger partial charge in [0.25, 0.3) is 0 Å². The molecule has 0 bridgehead atoms. The second-order valence-corrected chi connectivity index (χ2v) is 8.08. The van der Waals surface area contributed by atoms with Gasteiger partial charge in [-0.15, -0.1) is 0 Å². The van der Waals surface area contributed by atoms with Crippen LogP contribution in [0.15, 0.2) is 0 Å². The summed E-state index contributed by atoms with van der Waals surface area (Å²) in [6.07, 6.45) is 0.956. The molecular weight excluding hydrogens is 298 g/mol. The van der Waals surface area contributed by atoms with Gasteiger partial charge in [0, 0.05) is 12.6 Å². The minimum Gasteiger partial charge on any atom is -0.481 e. The highest BCUT2D eigenvalue weighted by atomic mass is 32.2. The molecule has 1 aliphatic rings. The van der Waals surface area contributed by atoms with Crippen LogP contribution < -0.4 is 0 Å². The summed E-state index contributed by atoms with van der Waals surface area (Å²) in [5.41, 5.74) is -1.18. The summed E-state index contributed by atoms with van der Waals surface area (Å²) >= 11 is 0. The van der Waals surface area contributed by atoms with Crippen molar-refractivity contribution in [2.24, 2.45) is 11.3 Å². The molecule has 0 aromatic rings. The number of methoxy groups -OCH3 is 1. The van der Waals surface area contributed by atoms with Gasteiger partial charge >= 0.3 is 11.9 Å². The standard InChI is InChI=1S/C13H23NO6S/c1-9-5-6-10(11(15)16)7-14(9)21(18,19)8-13(2,3)12(17)20-4/h9-10H,5-8H2,1-4H3,(H,15,16). The Labute approximate surface area is 125 Å². The predicted molar refractivity (Wildman–Crippen MR) is 76.1 cm³/mol. The minimum absolute atomic E-state index is 0.0455. The number of piperidine rings is 1. The van der Waals surface area contributed by atoms with Crippen molar-refractivity contribution < 1.29 is 27.9 Å². The van der Waals surface area contributed by atoms with E-state index in [-0.39, 0.29) is 12.6 Å². The van der Waals surface area contributed by atoms with Gasteiger partial charge in [0.2, 0.25) is 10.0 Å². The van der Waals surface area contributed by atoms with Crippen molar-refractivity contribution in [2.45, 2.75) is 39.7 Å². The summed E-state index contributed by atoms with van der Waals surface area (Å²) in [5, 5.41) is 9.07. The van der Waals surface area contributed by atoms with Crippen LogP contribution in [0, 0.1) is 11.3 Å². The van der Waals surface area contributed by atoms with Crippen molar-refractivity contribution in [3.63, 3.8) is 0 Å². The van der Waals surface area contributed by atoms with Crippen LogP contribution in [0.1, 0.15) is 33.6 Å². The Balaban J connectivity index is 2.95. The molecular formula is C13H23NO6S. The number of carboxylic acid groups (broad SMARTS) is 1. The number of carbonyl (C=O) groups excluding carboxylic acids is 1. The Kier molecular flexibility index (Phi) is 5.38. The number of sulfonamides is 1. The second-order valence-electron chi connectivity index (χ2n) is 6.16. The van der Waals surface area contributed by atoms with Gasteiger partial charge < -0.3 is 9.84 Å². The largest absolute Gasteiger partial charge is 0.481 e. The van der Waals surface area contributed by atoms with E-state index in [1.165, 1.54) is 25.3 Å². The number of nitrogens with zero attached hydrogens (tertiary/aromatic N) is 1. The third-order valence-corrected chi connectivity index (χ3v) is 6.12. The van der Waals surface area contributed by atoms with Gasteiger partial charge in [0.1, 0.15) is 0 Å². The van der Waals surface area contributed by atoms with Crippen molar-refractivity contribution >= 4 is 22.0 Å². The molecule has 1 N–H and O–H groups in total. The first-order valence-electron chi connectivity index (χ1n) is 6.82. The number of carbonyl (C=O) groups is 2. The van der Waals surface area contributed by atoms with Crippen LogP contribution in [0.5, 0.6) is 0 Å². The Morgan fingerprint density at radius 2 is 1.90 bits per heavy atom. The number of carboxylic acids is 1. The molecule has 0 amide bonds. The van der Waals surface area contributed by atoms with E-state index in [0.717, 1.165) is 0 Å². The number of hydrogen-bond donors (Lipinski definition) is 1. The number of ether oxygens (including phenoxy) is 1. The quantitative estimate of drug-likeness (QED) is 0.748. The zero-order valence-corrected chi connectivity index (χ0v) is 13.6. The molecule has 0 aromatic carbocycles. The SMILES string of the molecule is COC(=O)C(C)(C)CS(=O)(=O)N1CC(C(=O)O)CCC1C. The Morgan fingerprint density at radius 1 is 1.33 bits per heavy atom. The molecule has 2 atom stereocenters. The van der Waals surface area contributed by atoms with Gasteiger partial charge in [-0.2, -0.15) is 4.31 Å². The molecule has 0 saturated carbocycles. The number of aliphatic carboxylic acids is 1. The zero-order valence-electron chi connectivity index (χ0n) is 12.8. The summed E-state index contributed by atoms with van der Waals surface area (Å²) in [6.45, 7) is 4.70. The van der Waals surface area contributed by atoms with E-state index in [9.17, 15) is 18.0 Å². The third-order valence-electron chi connectivity index (χ3n) is 3.81. The van der Waals surface area contributed by atoms with Crippen molar-refractivity contribution in [3.8, 4) is 0 Å². The lowest BCUT2D eigenvalue weighted by molar-refractivity contribution is -0.149. The monoisotopic (exact) mass is 321 g/mol. The van der Waals surface area contributed by atoms with Gasteiger partial charge in [-0.05, 0) is 33.6 Å². The molecule has 0 radical (unpaired) electrons. The lowest BCUT2D eigenvalue weighted by atomic mass is 9.96. The van der Waals surface area contributed by atoms with Crippen molar-refractivity contribution in [3.05, 3.63) is 0 Å². The molecule has 2 unspecified atom stereocenters. The van der Waals surface area contributed by atoms with Crippen LogP contribution in [-0.4, -0.2) is 55.2 Å². The van der Waals surface area contributed by atoms with E-state index in [1.807, 2.05) is 0 Å². The normalized spacial score (nSPS) is 24.6. The lowest BCUT2D eigenvalue weighted by Crippen LogP contribution is -2.50. The molecule has 0 aromatic heterocycles. The Morgan fingerprint density at radius 3 is 2.38 bits per heavy atom. The van der Waals surface area contributed by atoms with Crippen molar-refractivity contribution in [2.75, 3.05) is 19.4 Å². The zero-order chi connectivity index (χ0) is 16.4. The molecule has 21 heavy (non-hydrogen) atoms. The molecule has 1 fully saturated rings. The van der Waals surface area contributed by atoms with Crippen LogP contribution in [-0.2, 0) is 24.3 Å². The van der Waals surface area contributed by atoms with E-state index >= 15 is 0 Å². The number of rotatable bonds is 5.